The van der Waals surface area contributed by atoms with Crippen LogP contribution in [0.5, 0.6) is 5.75 Å². The maximum atomic E-state index is 13.4. The fourth-order valence-corrected chi connectivity index (χ4v) is 4.07. The van der Waals surface area contributed by atoms with Crippen LogP contribution in [0.2, 0.25) is 0 Å². The number of nitrogens with zero attached hydrogens (tertiary/aromatic N) is 2. The number of rotatable bonds is 7. The highest BCUT2D eigenvalue weighted by molar-refractivity contribution is 6.35. The maximum absolute atomic E-state index is 13.4. The van der Waals surface area contributed by atoms with Gasteiger partial charge in [-0.25, -0.2) is 4.39 Å². The Balaban J connectivity index is 1.40. The summed E-state index contributed by atoms with van der Waals surface area (Å²) >= 11 is 0. The van der Waals surface area contributed by atoms with Gasteiger partial charge in [-0.3, -0.25) is 9.78 Å². The van der Waals surface area contributed by atoms with E-state index in [1.54, 1.807) is 17.0 Å². The number of fused-ring (bicyclic) bond motifs is 1. The van der Waals surface area contributed by atoms with Crippen molar-refractivity contribution in [3.63, 3.8) is 0 Å². The average molecular weight is 451 g/mol. The van der Waals surface area contributed by atoms with Gasteiger partial charge in [0.05, 0.1) is 23.5 Å². The smallest absolute Gasteiger partial charge is 0.259 e. The minimum atomic E-state index is -0.528. The summed E-state index contributed by atoms with van der Waals surface area (Å²) in [7, 11) is 0. The van der Waals surface area contributed by atoms with Crippen LogP contribution in [0.25, 0.3) is 22.8 Å². The largest absolute Gasteiger partial charge is 0.491 e. The van der Waals surface area contributed by atoms with Crippen LogP contribution in [-0.2, 0) is 11.3 Å². The number of carbonyl (C=O) groups is 1. The molecule has 34 heavy (non-hydrogen) atoms. The molecule has 0 atom stereocenters. The van der Waals surface area contributed by atoms with Crippen molar-refractivity contribution in [2.45, 2.75) is 6.54 Å². The second-order valence-corrected chi connectivity index (χ2v) is 7.99. The maximum Gasteiger partial charge on any atom is 0.259 e. The Labute approximate surface area is 198 Å². The zero-order valence-electron chi connectivity index (χ0n) is 18.5. The van der Waals surface area contributed by atoms with E-state index in [1.807, 2.05) is 91.1 Å². The van der Waals surface area contributed by atoms with Gasteiger partial charge in [0, 0.05) is 17.3 Å². The predicted octanol–water partition coefficient (Wildman–Crippen LogP) is 6.18. The van der Waals surface area contributed by atoms with E-state index in [2.05, 4.69) is 4.98 Å². The van der Waals surface area contributed by atoms with Gasteiger partial charge < -0.3 is 9.64 Å². The van der Waals surface area contributed by atoms with Crippen molar-refractivity contribution >= 4 is 23.2 Å². The van der Waals surface area contributed by atoms with Gasteiger partial charge in [0.15, 0.2) is 0 Å². The number of para-hydroxylation sites is 1. The molecule has 4 nitrogen and oxygen atoms in total. The molecule has 4 aromatic rings. The van der Waals surface area contributed by atoms with E-state index >= 15 is 0 Å². The number of pyridine rings is 1. The number of hydrogen-bond acceptors (Lipinski definition) is 3. The highest BCUT2D eigenvalue weighted by Crippen LogP contribution is 2.38. The average Bonchev–Trinajstić information content (AvgIpc) is 3.15. The number of anilines is 1. The standard InChI is InChI=1S/C29H23FN2O2/c30-16-17-34-25-14-10-21(11-15-25)20-32-28-9-5-4-8-26(28)27(29(32)33)18-24-13-12-23(19-31-24)22-6-2-1-3-7-22/h1-15,18-19H,16-17,20H2/b27-18-. The quantitative estimate of drug-likeness (QED) is 0.316. The third-order valence-electron chi connectivity index (χ3n) is 5.76. The van der Waals surface area contributed by atoms with Gasteiger partial charge >= 0.3 is 0 Å². The van der Waals surface area contributed by atoms with E-state index in [0.29, 0.717) is 17.9 Å². The summed E-state index contributed by atoms with van der Waals surface area (Å²) < 4.78 is 17.6. The zero-order chi connectivity index (χ0) is 23.3. The van der Waals surface area contributed by atoms with Crippen molar-refractivity contribution in [1.82, 2.24) is 4.98 Å². The Morgan fingerprint density at radius 3 is 2.35 bits per heavy atom. The van der Waals surface area contributed by atoms with Crippen molar-refractivity contribution in [2.24, 2.45) is 0 Å². The molecule has 5 rings (SSSR count). The monoisotopic (exact) mass is 450 g/mol. The molecule has 0 saturated carbocycles. The van der Waals surface area contributed by atoms with E-state index in [0.717, 1.165) is 33.6 Å². The first kappa shape index (κ1) is 21.6. The Kier molecular flexibility index (Phi) is 6.17. The lowest BCUT2D eigenvalue weighted by Crippen LogP contribution is -2.25. The SMILES string of the molecule is O=C1/C(=C\c2ccc(-c3ccccc3)cn2)c2ccccc2N1Cc1ccc(OCCF)cc1. The summed E-state index contributed by atoms with van der Waals surface area (Å²) in [6.07, 6.45) is 3.68. The van der Waals surface area contributed by atoms with E-state index in [-0.39, 0.29) is 12.5 Å². The number of halogens is 1. The lowest BCUT2D eigenvalue weighted by molar-refractivity contribution is -0.113. The molecule has 1 aliphatic rings. The number of amides is 1. The van der Waals surface area contributed by atoms with Crippen LogP contribution in [0, 0.1) is 0 Å². The van der Waals surface area contributed by atoms with Gasteiger partial charge in [0.1, 0.15) is 19.0 Å². The fourth-order valence-electron chi connectivity index (χ4n) is 4.07. The van der Waals surface area contributed by atoms with Gasteiger partial charge in [-0.15, -0.1) is 0 Å². The summed E-state index contributed by atoms with van der Waals surface area (Å²) in [5.74, 6) is 0.549. The van der Waals surface area contributed by atoms with Crippen LogP contribution in [0.4, 0.5) is 10.1 Å². The summed E-state index contributed by atoms with van der Waals surface area (Å²) in [6, 6.07) is 29.2. The minimum Gasteiger partial charge on any atom is -0.491 e. The molecule has 3 aromatic carbocycles. The second-order valence-electron chi connectivity index (χ2n) is 7.99. The van der Waals surface area contributed by atoms with Crippen LogP contribution in [0.3, 0.4) is 0 Å². The van der Waals surface area contributed by atoms with E-state index in [9.17, 15) is 9.18 Å². The van der Waals surface area contributed by atoms with Crippen LogP contribution in [-0.4, -0.2) is 24.2 Å². The molecule has 0 N–H and O–H groups in total. The van der Waals surface area contributed by atoms with Crippen LogP contribution in [0.15, 0.2) is 97.2 Å². The highest BCUT2D eigenvalue weighted by atomic mass is 19.1. The van der Waals surface area contributed by atoms with Gasteiger partial charge in [-0.1, -0.05) is 66.7 Å². The second kappa shape index (κ2) is 9.71. The first-order valence-electron chi connectivity index (χ1n) is 11.1. The number of carbonyl (C=O) groups excluding carboxylic acids is 1. The predicted molar refractivity (Wildman–Crippen MR) is 133 cm³/mol. The molecule has 1 aliphatic heterocycles. The summed E-state index contributed by atoms with van der Waals surface area (Å²) in [4.78, 5) is 19.8. The summed E-state index contributed by atoms with van der Waals surface area (Å²) in [5, 5.41) is 0. The van der Waals surface area contributed by atoms with Crippen molar-refractivity contribution in [3.8, 4) is 16.9 Å². The van der Waals surface area contributed by atoms with Crippen LogP contribution < -0.4 is 9.64 Å². The molecule has 0 spiro atoms. The number of hydrogen-bond donors (Lipinski definition) is 0. The summed E-state index contributed by atoms with van der Waals surface area (Å²) in [5.41, 5.74) is 6.21. The first-order valence-corrected chi connectivity index (χ1v) is 11.1. The number of aromatic nitrogens is 1. The topological polar surface area (TPSA) is 42.4 Å². The Hall–Kier alpha value is -4.25. The Morgan fingerprint density at radius 1 is 0.853 bits per heavy atom. The minimum absolute atomic E-state index is 0.0336. The molecule has 0 aliphatic carbocycles. The van der Waals surface area contributed by atoms with Crippen LogP contribution in [0.1, 0.15) is 16.8 Å². The normalized spacial score (nSPS) is 13.9. The molecule has 0 saturated heterocycles. The molecule has 1 amide bonds. The molecule has 1 aromatic heterocycles. The molecule has 5 heteroatoms. The van der Waals surface area contributed by atoms with Gasteiger partial charge in [-0.05, 0) is 41.5 Å². The molecule has 0 fully saturated rings. The lowest BCUT2D eigenvalue weighted by atomic mass is 10.0. The molecular weight excluding hydrogens is 427 g/mol. The molecule has 2 heterocycles. The Morgan fingerprint density at radius 2 is 1.62 bits per heavy atom. The molecule has 0 radical (unpaired) electrons. The van der Waals surface area contributed by atoms with E-state index < -0.39 is 6.67 Å². The number of alkyl halides is 1. The first-order chi connectivity index (χ1) is 16.7. The Bertz CT molecular complexity index is 1320. The van der Waals surface area contributed by atoms with E-state index in [4.69, 9.17) is 4.74 Å². The van der Waals surface area contributed by atoms with Crippen molar-refractivity contribution in [2.75, 3.05) is 18.2 Å². The number of ether oxygens (including phenoxy) is 1. The number of benzene rings is 3. The fraction of sp³-hybridized carbons (Fsp3) is 0.103. The van der Waals surface area contributed by atoms with Crippen molar-refractivity contribution in [1.29, 1.82) is 0 Å². The molecule has 168 valence electrons. The van der Waals surface area contributed by atoms with Crippen LogP contribution >= 0.6 is 0 Å². The van der Waals surface area contributed by atoms with E-state index in [1.165, 1.54) is 0 Å². The van der Waals surface area contributed by atoms with Crippen molar-refractivity contribution < 1.29 is 13.9 Å². The van der Waals surface area contributed by atoms with Gasteiger partial charge in [-0.2, -0.15) is 0 Å². The molecule has 0 unspecified atom stereocenters. The zero-order valence-corrected chi connectivity index (χ0v) is 18.5. The highest BCUT2D eigenvalue weighted by Gasteiger charge is 2.32. The van der Waals surface area contributed by atoms with Crippen molar-refractivity contribution in [3.05, 3.63) is 114 Å². The van der Waals surface area contributed by atoms with Gasteiger partial charge in [0.2, 0.25) is 0 Å². The van der Waals surface area contributed by atoms with Gasteiger partial charge in [0.25, 0.3) is 5.91 Å². The lowest BCUT2D eigenvalue weighted by Gasteiger charge is -2.17. The molecule has 0 bridgehead atoms. The third kappa shape index (κ3) is 4.46. The third-order valence-corrected chi connectivity index (χ3v) is 5.76. The molecular formula is C29H23FN2O2. The summed E-state index contributed by atoms with van der Waals surface area (Å²) in [6.45, 7) is -0.0669.